The Hall–Kier alpha value is -1.26. The minimum absolute atomic E-state index is 0.0351. The molecule has 1 N–H and O–H groups in total. The fraction of sp³-hybridized carbons (Fsp3) is 0.846. The van der Waals surface area contributed by atoms with Crippen molar-refractivity contribution >= 4 is 12.0 Å². The molecule has 0 spiro atoms. The van der Waals surface area contributed by atoms with Crippen LogP contribution in [0, 0.1) is 11.8 Å². The zero-order valence-corrected chi connectivity index (χ0v) is 11.5. The molecule has 1 saturated heterocycles. The van der Waals surface area contributed by atoms with Crippen LogP contribution in [0.15, 0.2) is 0 Å². The Morgan fingerprint density at radius 1 is 1.33 bits per heavy atom. The highest BCUT2D eigenvalue weighted by molar-refractivity contribution is 5.87. The summed E-state index contributed by atoms with van der Waals surface area (Å²) in [6, 6.07) is 0.217. The number of amides is 2. The molecule has 1 aliphatic carbocycles. The van der Waals surface area contributed by atoms with E-state index in [9.17, 15) is 9.59 Å². The molecular weight excluding hydrogens is 232 g/mol. The third kappa shape index (κ3) is 2.31. The molecule has 0 bridgehead atoms. The number of nitrogens with one attached hydrogen (secondary N) is 1. The summed E-state index contributed by atoms with van der Waals surface area (Å²) in [4.78, 5) is 25.8. The first-order valence-electron chi connectivity index (χ1n) is 6.62. The van der Waals surface area contributed by atoms with Crippen molar-refractivity contribution in [3.63, 3.8) is 0 Å². The third-order valence-corrected chi connectivity index (χ3v) is 4.01. The molecule has 1 heterocycles. The number of hydrogen-bond acceptors (Lipinski definition) is 3. The predicted molar refractivity (Wildman–Crippen MR) is 67.0 cm³/mol. The van der Waals surface area contributed by atoms with Crippen molar-refractivity contribution < 1.29 is 14.3 Å². The van der Waals surface area contributed by atoms with E-state index >= 15 is 0 Å². The van der Waals surface area contributed by atoms with Crippen LogP contribution in [0.5, 0.6) is 0 Å². The minimum atomic E-state index is -0.541. The van der Waals surface area contributed by atoms with Gasteiger partial charge in [0, 0.05) is 12.1 Å². The number of fused-ring (bicyclic) bond motifs is 1. The van der Waals surface area contributed by atoms with Crippen molar-refractivity contribution in [3.8, 4) is 0 Å². The summed E-state index contributed by atoms with van der Waals surface area (Å²) < 4.78 is 4.59. The van der Waals surface area contributed by atoms with Gasteiger partial charge >= 0.3 is 6.09 Å². The quantitative estimate of drug-likeness (QED) is 0.827. The topological polar surface area (TPSA) is 58.6 Å². The Morgan fingerprint density at radius 3 is 2.44 bits per heavy atom. The van der Waals surface area contributed by atoms with Gasteiger partial charge in [-0.25, -0.2) is 4.79 Å². The summed E-state index contributed by atoms with van der Waals surface area (Å²) in [5.41, 5.74) is 0. The molecule has 18 heavy (non-hydrogen) atoms. The number of nitrogens with zero attached hydrogens (tertiary/aromatic N) is 1. The fourth-order valence-electron chi connectivity index (χ4n) is 2.94. The van der Waals surface area contributed by atoms with Crippen LogP contribution in [0.1, 0.15) is 33.6 Å². The van der Waals surface area contributed by atoms with Crippen LogP contribution in [0.4, 0.5) is 4.79 Å². The highest BCUT2D eigenvalue weighted by Gasteiger charge is 2.53. The van der Waals surface area contributed by atoms with Crippen LogP contribution >= 0.6 is 0 Å². The zero-order valence-electron chi connectivity index (χ0n) is 11.5. The normalized spacial score (nSPS) is 30.9. The van der Waals surface area contributed by atoms with Gasteiger partial charge in [0.05, 0.1) is 7.11 Å². The number of piperidine rings is 1. The van der Waals surface area contributed by atoms with Crippen molar-refractivity contribution in [2.45, 2.75) is 51.7 Å². The molecule has 4 atom stereocenters. The van der Waals surface area contributed by atoms with Crippen LogP contribution in [-0.2, 0) is 9.53 Å². The number of alkyl carbamates (subject to hydrolysis) is 1. The number of likely N-dealkylation sites (tertiary alicyclic amines) is 1. The van der Waals surface area contributed by atoms with Gasteiger partial charge in [-0.15, -0.1) is 0 Å². The van der Waals surface area contributed by atoms with Crippen molar-refractivity contribution in [1.29, 1.82) is 0 Å². The highest BCUT2D eigenvalue weighted by atomic mass is 16.5. The highest BCUT2D eigenvalue weighted by Crippen LogP contribution is 2.47. The maximum absolute atomic E-state index is 12.5. The smallest absolute Gasteiger partial charge is 0.407 e. The molecule has 2 rings (SSSR count). The second-order valence-corrected chi connectivity index (χ2v) is 5.75. The van der Waals surface area contributed by atoms with E-state index in [0.29, 0.717) is 18.0 Å². The SMILES string of the molecule is COC(=O)NC(C(=O)N1C(C)CC2CC21)C(C)C. The van der Waals surface area contributed by atoms with Crippen LogP contribution in [-0.4, -0.2) is 42.1 Å². The van der Waals surface area contributed by atoms with Crippen molar-refractivity contribution in [2.75, 3.05) is 7.11 Å². The fourth-order valence-corrected chi connectivity index (χ4v) is 2.94. The minimum Gasteiger partial charge on any atom is -0.453 e. The Labute approximate surface area is 108 Å². The molecule has 0 aromatic carbocycles. The van der Waals surface area contributed by atoms with E-state index in [0.717, 1.165) is 12.8 Å². The van der Waals surface area contributed by atoms with Gasteiger partial charge in [-0.1, -0.05) is 13.8 Å². The van der Waals surface area contributed by atoms with Crippen LogP contribution < -0.4 is 5.32 Å². The zero-order chi connectivity index (χ0) is 13.4. The van der Waals surface area contributed by atoms with Crippen molar-refractivity contribution in [2.24, 2.45) is 11.8 Å². The molecule has 4 unspecified atom stereocenters. The van der Waals surface area contributed by atoms with Gasteiger partial charge in [-0.2, -0.15) is 0 Å². The van der Waals surface area contributed by atoms with E-state index in [-0.39, 0.29) is 11.8 Å². The summed E-state index contributed by atoms with van der Waals surface area (Å²) in [6.07, 6.45) is 1.68. The van der Waals surface area contributed by atoms with Crippen LogP contribution in [0.3, 0.4) is 0 Å². The van der Waals surface area contributed by atoms with E-state index in [2.05, 4.69) is 17.0 Å². The average Bonchev–Trinajstić information content (AvgIpc) is 2.97. The standard InChI is InChI=1S/C13H22N2O3/c1-7(2)11(14-13(17)18-4)12(16)15-8(3)5-9-6-10(9)15/h7-11H,5-6H2,1-4H3,(H,14,17). The second kappa shape index (κ2) is 4.78. The van der Waals surface area contributed by atoms with E-state index in [1.807, 2.05) is 18.7 Å². The molecule has 5 nitrogen and oxygen atoms in total. The summed E-state index contributed by atoms with van der Waals surface area (Å²) in [6.45, 7) is 5.95. The molecule has 102 valence electrons. The van der Waals surface area contributed by atoms with Crippen LogP contribution in [0.2, 0.25) is 0 Å². The number of carbonyl (C=O) groups excluding carboxylic acids is 2. The summed E-state index contributed by atoms with van der Waals surface area (Å²) in [5.74, 6) is 0.782. The lowest BCUT2D eigenvalue weighted by molar-refractivity contribution is -0.136. The van der Waals surface area contributed by atoms with E-state index in [1.165, 1.54) is 7.11 Å². The Kier molecular flexibility index (Phi) is 3.50. The monoisotopic (exact) mass is 254 g/mol. The molecule has 2 aliphatic rings. The first kappa shape index (κ1) is 13.2. The molecular formula is C13H22N2O3. The lowest BCUT2D eigenvalue weighted by Gasteiger charge is -2.31. The molecule has 0 aromatic rings. The summed E-state index contributed by atoms with van der Waals surface area (Å²) >= 11 is 0. The van der Waals surface area contributed by atoms with Crippen molar-refractivity contribution in [3.05, 3.63) is 0 Å². The van der Waals surface area contributed by atoms with Gasteiger partial charge in [0.2, 0.25) is 5.91 Å². The Balaban J connectivity index is 2.06. The number of hydrogen-bond donors (Lipinski definition) is 1. The Morgan fingerprint density at radius 2 is 2.00 bits per heavy atom. The summed E-state index contributed by atoms with van der Waals surface area (Å²) in [7, 11) is 1.31. The average molecular weight is 254 g/mol. The van der Waals surface area contributed by atoms with Crippen molar-refractivity contribution in [1.82, 2.24) is 10.2 Å². The molecule has 5 heteroatoms. The van der Waals surface area contributed by atoms with Gasteiger partial charge in [-0.05, 0) is 31.6 Å². The molecule has 0 aromatic heterocycles. The number of rotatable bonds is 3. The second-order valence-electron chi connectivity index (χ2n) is 5.75. The molecule has 2 amide bonds. The third-order valence-electron chi connectivity index (χ3n) is 4.01. The first-order chi connectivity index (χ1) is 8.45. The largest absolute Gasteiger partial charge is 0.453 e. The number of ether oxygens (including phenoxy) is 1. The van der Waals surface area contributed by atoms with E-state index in [1.54, 1.807) is 0 Å². The van der Waals surface area contributed by atoms with Gasteiger partial charge in [0.1, 0.15) is 6.04 Å². The lowest BCUT2D eigenvalue weighted by Crippen LogP contribution is -2.53. The maximum atomic E-state index is 12.5. The maximum Gasteiger partial charge on any atom is 0.407 e. The van der Waals surface area contributed by atoms with Crippen LogP contribution in [0.25, 0.3) is 0 Å². The molecule has 1 aliphatic heterocycles. The summed E-state index contributed by atoms with van der Waals surface area (Å²) in [5, 5.41) is 2.65. The first-order valence-corrected chi connectivity index (χ1v) is 6.62. The lowest BCUT2D eigenvalue weighted by atomic mass is 10.0. The molecule has 2 fully saturated rings. The predicted octanol–water partition coefficient (Wildman–Crippen LogP) is 1.38. The van der Waals surface area contributed by atoms with E-state index in [4.69, 9.17) is 0 Å². The Bertz CT molecular complexity index is 354. The van der Waals surface area contributed by atoms with Gasteiger partial charge in [0.25, 0.3) is 0 Å². The van der Waals surface area contributed by atoms with Gasteiger partial charge < -0.3 is 15.0 Å². The number of methoxy groups -OCH3 is 1. The van der Waals surface area contributed by atoms with Gasteiger partial charge in [-0.3, -0.25) is 4.79 Å². The number of carbonyl (C=O) groups is 2. The van der Waals surface area contributed by atoms with E-state index < -0.39 is 12.1 Å². The molecule has 0 radical (unpaired) electrons. The van der Waals surface area contributed by atoms with Gasteiger partial charge in [0.15, 0.2) is 0 Å². The molecule has 1 saturated carbocycles.